The minimum absolute atomic E-state index is 0.00891. The van der Waals surface area contributed by atoms with Crippen LogP contribution in [-0.2, 0) is 19.0 Å². The van der Waals surface area contributed by atoms with Crippen molar-refractivity contribution in [2.75, 3.05) is 0 Å². The van der Waals surface area contributed by atoms with E-state index in [1.54, 1.807) is 0 Å². The second-order valence-corrected chi connectivity index (χ2v) is 7.74. The summed E-state index contributed by atoms with van der Waals surface area (Å²) < 4.78 is 22.2. The molecule has 0 aliphatic carbocycles. The van der Waals surface area contributed by atoms with Crippen molar-refractivity contribution in [3.05, 3.63) is 58.7 Å². The smallest absolute Gasteiger partial charge is 0.346 e. The van der Waals surface area contributed by atoms with Crippen molar-refractivity contribution in [1.29, 1.82) is 0 Å². The first-order valence-electron chi connectivity index (χ1n) is 6.97. The summed E-state index contributed by atoms with van der Waals surface area (Å²) in [6.07, 6.45) is 0. The number of carbonyl (C=O) groups is 4. The molecule has 0 saturated carbocycles. The lowest BCUT2D eigenvalue weighted by Crippen LogP contribution is -2.05. The Bertz CT molecular complexity index is 1040. The Hall–Kier alpha value is -3.26. The summed E-state index contributed by atoms with van der Waals surface area (Å²) in [5, 5.41) is 0. The summed E-state index contributed by atoms with van der Waals surface area (Å²) in [7, 11) is -3.10. The van der Waals surface area contributed by atoms with Gasteiger partial charge in [0.1, 0.15) is 0 Å². The van der Waals surface area contributed by atoms with E-state index in [4.69, 9.17) is 0 Å². The van der Waals surface area contributed by atoms with E-state index in [1.807, 2.05) is 0 Å². The van der Waals surface area contributed by atoms with Crippen molar-refractivity contribution in [3.8, 4) is 0 Å². The molecule has 7 nitrogen and oxygen atoms in total. The van der Waals surface area contributed by atoms with E-state index in [1.165, 1.54) is 36.4 Å². The van der Waals surface area contributed by atoms with Crippen LogP contribution in [0.5, 0.6) is 0 Å². The number of fused-ring (bicyclic) bond motifs is 2. The van der Waals surface area contributed by atoms with Crippen LogP contribution in [0.15, 0.2) is 46.2 Å². The van der Waals surface area contributed by atoms with E-state index < -0.39 is 33.4 Å². The third-order valence-corrected chi connectivity index (χ3v) is 6.02. The fourth-order valence-corrected chi connectivity index (χ4v) is 4.14. The molecule has 0 aromatic heterocycles. The van der Waals surface area contributed by atoms with Crippen LogP contribution in [0.4, 0.5) is 0 Å². The molecule has 2 aromatic rings. The zero-order valence-electron chi connectivity index (χ0n) is 12.4. The number of rotatable bonds is 2. The second kappa shape index (κ2) is 4.87. The van der Waals surface area contributed by atoms with Crippen LogP contribution in [0.1, 0.15) is 41.4 Å². The normalized spacial score (nSPS) is 15.7. The maximum atomic E-state index is 13.2. The summed E-state index contributed by atoms with van der Waals surface area (Å²) in [5.41, 5.74) is 0.198. The SMILES string of the molecule is C=S(=O)(c1ccc2c(c1)C(=O)OC2=O)c1ccc2c(c1)C(=O)OC2=O. The summed E-state index contributed by atoms with van der Waals surface area (Å²) in [6, 6.07) is 8.07. The highest BCUT2D eigenvalue weighted by Gasteiger charge is 2.32. The van der Waals surface area contributed by atoms with Crippen LogP contribution < -0.4 is 0 Å². The lowest BCUT2D eigenvalue weighted by atomic mass is 10.1. The molecule has 2 heterocycles. The molecule has 0 atom stereocenters. The predicted octanol–water partition coefficient (Wildman–Crippen LogP) is 1.44. The summed E-state index contributed by atoms with van der Waals surface area (Å²) in [4.78, 5) is 46.7. The van der Waals surface area contributed by atoms with Gasteiger partial charge in [0.25, 0.3) is 0 Å². The topological polar surface area (TPSA) is 104 Å². The second-order valence-electron chi connectivity index (χ2n) is 5.44. The number of esters is 4. The van der Waals surface area contributed by atoms with Gasteiger partial charge in [-0.3, -0.25) is 4.21 Å². The van der Waals surface area contributed by atoms with Crippen LogP contribution in [0.2, 0.25) is 0 Å². The number of cyclic esters (lactones) is 4. The molecule has 2 aliphatic rings. The molecule has 2 aromatic carbocycles. The fraction of sp³-hybridized carbons (Fsp3) is 0. The summed E-state index contributed by atoms with van der Waals surface area (Å²) in [5.74, 6) is 0.539. The average molecular weight is 356 g/mol. The Morgan fingerprint density at radius 2 is 1.00 bits per heavy atom. The van der Waals surface area contributed by atoms with Crippen molar-refractivity contribution in [1.82, 2.24) is 0 Å². The fourth-order valence-electron chi connectivity index (χ4n) is 2.68. The van der Waals surface area contributed by atoms with Crippen LogP contribution in [0, 0.1) is 0 Å². The number of hydrogen-bond donors (Lipinski definition) is 0. The van der Waals surface area contributed by atoms with Crippen molar-refractivity contribution in [2.24, 2.45) is 0 Å². The maximum absolute atomic E-state index is 13.2. The first-order chi connectivity index (χ1) is 11.8. The molecule has 8 heteroatoms. The monoisotopic (exact) mass is 356 g/mol. The molecule has 0 spiro atoms. The van der Waals surface area contributed by atoms with Crippen LogP contribution in [0.3, 0.4) is 0 Å². The first-order valence-corrected chi connectivity index (χ1v) is 8.70. The van der Waals surface area contributed by atoms with Crippen molar-refractivity contribution >= 4 is 39.3 Å². The minimum atomic E-state index is -3.10. The molecule has 25 heavy (non-hydrogen) atoms. The van der Waals surface area contributed by atoms with Crippen LogP contribution in [0.25, 0.3) is 0 Å². The Labute approximate surface area is 141 Å². The van der Waals surface area contributed by atoms with E-state index in [0.29, 0.717) is 0 Å². The highest BCUT2D eigenvalue weighted by atomic mass is 32.2. The molecule has 0 N–H and O–H groups in total. The van der Waals surface area contributed by atoms with E-state index in [9.17, 15) is 23.4 Å². The molecular weight excluding hydrogens is 348 g/mol. The van der Waals surface area contributed by atoms with E-state index >= 15 is 0 Å². The Kier molecular flexibility index (Phi) is 2.98. The van der Waals surface area contributed by atoms with Gasteiger partial charge in [-0.2, -0.15) is 0 Å². The lowest BCUT2D eigenvalue weighted by molar-refractivity contribution is 0.0425. The van der Waals surface area contributed by atoms with Gasteiger partial charge in [-0.15, -0.1) is 0 Å². The van der Waals surface area contributed by atoms with Gasteiger partial charge < -0.3 is 9.47 Å². The first kappa shape index (κ1) is 15.3. The number of ether oxygens (including phenoxy) is 2. The minimum Gasteiger partial charge on any atom is -0.386 e. The Morgan fingerprint density at radius 3 is 1.40 bits per heavy atom. The van der Waals surface area contributed by atoms with Gasteiger partial charge in [0.15, 0.2) is 0 Å². The quantitative estimate of drug-likeness (QED) is 0.455. The van der Waals surface area contributed by atoms with Gasteiger partial charge in [0.05, 0.1) is 22.3 Å². The molecule has 0 bridgehead atoms. The van der Waals surface area contributed by atoms with Gasteiger partial charge >= 0.3 is 23.9 Å². The zero-order valence-corrected chi connectivity index (χ0v) is 13.3. The zero-order chi connectivity index (χ0) is 17.9. The summed E-state index contributed by atoms with van der Waals surface area (Å²) >= 11 is 0. The molecule has 0 unspecified atom stereocenters. The van der Waals surface area contributed by atoms with Crippen molar-refractivity contribution in [3.63, 3.8) is 0 Å². The molecule has 0 fully saturated rings. The third kappa shape index (κ3) is 2.11. The highest BCUT2D eigenvalue weighted by molar-refractivity contribution is 8.00. The summed E-state index contributed by atoms with van der Waals surface area (Å²) in [6.45, 7) is 0. The molecule has 124 valence electrons. The highest BCUT2D eigenvalue weighted by Crippen LogP contribution is 2.29. The van der Waals surface area contributed by atoms with E-state index in [2.05, 4.69) is 15.3 Å². The standard InChI is InChI=1S/C17H8O7S/c1-25(22,8-2-4-10-12(6-8)16(20)23-14(10)18)9-3-5-11-13(7-9)17(21)24-15(11)19/h2-7H,1H2. The molecule has 0 amide bonds. The largest absolute Gasteiger partial charge is 0.386 e. The Morgan fingerprint density at radius 1 is 0.640 bits per heavy atom. The van der Waals surface area contributed by atoms with E-state index in [0.717, 1.165) is 0 Å². The molecular formula is C17H8O7S. The lowest BCUT2D eigenvalue weighted by Gasteiger charge is -2.11. The molecule has 0 saturated heterocycles. The van der Waals surface area contributed by atoms with Gasteiger partial charge in [-0.05, 0) is 42.3 Å². The van der Waals surface area contributed by atoms with Crippen LogP contribution >= 0.6 is 0 Å². The molecule has 0 radical (unpaired) electrons. The average Bonchev–Trinajstić information content (AvgIpc) is 3.03. The van der Waals surface area contributed by atoms with E-state index in [-0.39, 0.29) is 32.0 Å². The van der Waals surface area contributed by atoms with Gasteiger partial charge in [0, 0.05) is 19.3 Å². The van der Waals surface area contributed by atoms with Crippen molar-refractivity contribution in [2.45, 2.75) is 9.79 Å². The maximum Gasteiger partial charge on any atom is 0.346 e. The molecule has 4 rings (SSSR count). The molecule has 2 aliphatic heterocycles. The number of benzene rings is 2. The number of carbonyl (C=O) groups excluding carboxylic acids is 4. The van der Waals surface area contributed by atoms with Gasteiger partial charge in [-0.25, -0.2) is 19.2 Å². The third-order valence-electron chi connectivity index (χ3n) is 3.99. The van der Waals surface area contributed by atoms with Gasteiger partial charge in [-0.1, -0.05) is 0 Å². The van der Waals surface area contributed by atoms with Crippen molar-refractivity contribution < 1.29 is 32.9 Å². The Balaban J connectivity index is 1.84. The predicted molar refractivity (Wildman–Crippen MR) is 84.2 cm³/mol. The van der Waals surface area contributed by atoms with Gasteiger partial charge in [0.2, 0.25) is 0 Å². The number of hydrogen-bond acceptors (Lipinski definition) is 7. The van der Waals surface area contributed by atoms with Crippen LogP contribution in [-0.4, -0.2) is 34.0 Å².